The van der Waals surface area contributed by atoms with Crippen molar-refractivity contribution in [2.75, 3.05) is 40.9 Å². The highest BCUT2D eigenvalue weighted by atomic mass is 16.5. The van der Waals surface area contributed by atoms with Gasteiger partial charge in [-0.15, -0.1) is 0 Å². The molecule has 0 saturated heterocycles. The molecule has 1 atom stereocenters. The molecule has 96 valence electrons. The molecule has 0 aliphatic carbocycles. The van der Waals surface area contributed by atoms with Gasteiger partial charge in [0.2, 0.25) is 0 Å². The Morgan fingerprint density at radius 1 is 1.29 bits per heavy atom. The molecule has 0 spiro atoms. The number of ether oxygens (including phenoxy) is 1. The van der Waals surface area contributed by atoms with E-state index < -0.39 is 0 Å². The normalized spacial score (nSPS) is 12.9. The minimum atomic E-state index is 0.439. The molecule has 3 heteroatoms. The molecule has 1 aromatic rings. The summed E-state index contributed by atoms with van der Waals surface area (Å²) < 4.78 is 5.25. The van der Waals surface area contributed by atoms with Gasteiger partial charge < -0.3 is 10.1 Å². The molecule has 1 N–H and O–H groups in total. The van der Waals surface area contributed by atoms with Crippen LogP contribution in [0.5, 0.6) is 0 Å². The van der Waals surface area contributed by atoms with Gasteiger partial charge >= 0.3 is 0 Å². The van der Waals surface area contributed by atoms with Gasteiger partial charge in [0, 0.05) is 26.2 Å². The van der Waals surface area contributed by atoms with E-state index in [0.717, 1.165) is 26.1 Å². The zero-order valence-electron chi connectivity index (χ0n) is 11.1. The van der Waals surface area contributed by atoms with Gasteiger partial charge in [0.05, 0.1) is 6.61 Å². The van der Waals surface area contributed by atoms with E-state index >= 15 is 0 Å². The summed E-state index contributed by atoms with van der Waals surface area (Å²) in [5.74, 6) is 0. The zero-order valence-corrected chi connectivity index (χ0v) is 11.1. The Hall–Kier alpha value is -0.900. The Balaban J connectivity index is 2.38. The van der Waals surface area contributed by atoms with Crippen molar-refractivity contribution in [1.82, 2.24) is 10.2 Å². The highest BCUT2D eigenvalue weighted by molar-refractivity contribution is 5.14. The number of nitrogens with zero attached hydrogens (tertiary/aromatic N) is 1. The molecule has 0 bridgehead atoms. The van der Waals surface area contributed by atoms with Crippen LogP contribution in [0.1, 0.15) is 5.56 Å². The lowest BCUT2D eigenvalue weighted by atomic mass is 10.1. The van der Waals surface area contributed by atoms with Gasteiger partial charge in [0.15, 0.2) is 0 Å². The first-order valence-corrected chi connectivity index (χ1v) is 6.15. The summed E-state index contributed by atoms with van der Waals surface area (Å²) in [4.78, 5) is 2.35. The molecule has 0 aliphatic heterocycles. The highest BCUT2D eigenvalue weighted by Gasteiger charge is 2.13. The first kappa shape index (κ1) is 14.2. The number of likely N-dealkylation sites (N-methyl/N-ethyl adjacent to an activating group) is 2. The van der Waals surface area contributed by atoms with E-state index in [4.69, 9.17) is 4.74 Å². The fourth-order valence-corrected chi connectivity index (χ4v) is 1.90. The Bertz CT molecular complexity index is 284. The van der Waals surface area contributed by atoms with Gasteiger partial charge in [0.1, 0.15) is 0 Å². The lowest BCUT2D eigenvalue weighted by Crippen LogP contribution is -2.43. The van der Waals surface area contributed by atoms with E-state index in [0.29, 0.717) is 6.04 Å². The average molecular weight is 236 g/mol. The molecule has 3 nitrogen and oxygen atoms in total. The summed E-state index contributed by atoms with van der Waals surface area (Å²) >= 11 is 0. The Morgan fingerprint density at radius 3 is 2.59 bits per heavy atom. The molecule has 0 fully saturated rings. The highest BCUT2D eigenvalue weighted by Crippen LogP contribution is 2.03. The van der Waals surface area contributed by atoms with Crippen LogP contribution in [0.4, 0.5) is 0 Å². The zero-order chi connectivity index (χ0) is 12.5. The van der Waals surface area contributed by atoms with Gasteiger partial charge in [0.25, 0.3) is 0 Å². The van der Waals surface area contributed by atoms with Crippen LogP contribution in [0.25, 0.3) is 0 Å². The van der Waals surface area contributed by atoms with Crippen molar-refractivity contribution in [3.8, 4) is 0 Å². The van der Waals surface area contributed by atoms with Crippen LogP contribution in [-0.2, 0) is 11.2 Å². The van der Waals surface area contributed by atoms with Gasteiger partial charge in [-0.3, -0.25) is 4.90 Å². The molecule has 1 unspecified atom stereocenters. The van der Waals surface area contributed by atoms with E-state index in [2.05, 4.69) is 47.6 Å². The molecule has 1 aromatic carbocycles. The fraction of sp³-hybridized carbons (Fsp3) is 0.571. The van der Waals surface area contributed by atoms with Crippen LogP contribution in [0, 0.1) is 0 Å². The van der Waals surface area contributed by atoms with Crippen LogP contribution in [-0.4, -0.2) is 51.8 Å². The van der Waals surface area contributed by atoms with Crippen molar-refractivity contribution < 1.29 is 4.74 Å². The maximum atomic E-state index is 5.25. The van der Waals surface area contributed by atoms with E-state index in [9.17, 15) is 0 Å². The summed E-state index contributed by atoms with van der Waals surface area (Å²) in [6.45, 7) is 2.78. The lowest BCUT2D eigenvalue weighted by Gasteiger charge is -2.27. The maximum Gasteiger partial charge on any atom is 0.0630 e. The predicted molar refractivity (Wildman–Crippen MR) is 72.4 cm³/mol. The minimum absolute atomic E-state index is 0.439. The Morgan fingerprint density at radius 2 is 2.00 bits per heavy atom. The number of methoxy groups -OCH3 is 1. The molecule has 1 rings (SSSR count). The van der Waals surface area contributed by atoms with Crippen LogP contribution in [0.2, 0.25) is 0 Å². The standard InChI is InChI=1S/C14H24N2O/c1-15-11-14(12-17-3)16(2)10-9-13-7-5-4-6-8-13/h4-8,14-15H,9-12H2,1-3H3. The summed E-state index contributed by atoms with van der Waals surface area (Å²) in [5, 5.41) is 3.21. The lowest BCUT2D eigenvalue weighted by molar-refractivity contribution is 0.107. The number of hydrogen-bond acceptors (Lipinski definition) is 3. The molecule has 0 amide bonds. The van der Waals surface area contributed by atoms with Crippen molar-refractivity contribution in [2.24, 2.45) is 0 Å². The van der Waals surface area contributed by atoms with E-state index in [1.807, 2.05) is 7.05 Å². The largest absolute Gasteiger partial charge is 0.383 e. The smallest absolute Gasteiger partial charge is 0.0630 e. The van der Waals surface area contributed by atoms with Gasteiger partial charge in [-0.2, -0.15) is 0 Å². The predicted octanol–water partition coefficient (Wildman–Crippen LogP) is 1.40. The second-order valence-electron chi connectivity index (χ2n) is 4.38. The summed E-state index contributed by atoms with van der Waals surface area (Å²) in [6.07, 6.45) is 1.08. The third kappa shape index (κ3) is 5.31. The second kappa shape index (κ2) is 8.23. The molecular weight excluding hydrogens is 212 g/mol. The van der Waals surface area contributed by atoms with E-state index in [1.54, 1.807) is 7.11 Å². The first-order valence-electron chi connectivity index (χ1n) is 6.15. The molecule has 17 heavy (non-hydrogen) atoms. The monoisotopic (exact) mass is 236 g/mol. The first-order chi connectivity index (χ1) is 8.27. The third-order valence-corrected chi connectivity index (χ3v) is 3.02. The second-order valence-corrected chi connectivity index (χ2v) is 4.38. The minimum Gasteiger partial charge on any atom is -0.383 e. The Kier molecular flexibility index (Phi) is 6.86. The van der Waals surface area contributed by atoms with Crippen molar-refractivity contribution >= 4 is 0 Å². The SMILES string of the molecule is CNCC(COC)N(C)CCc1ccccc1. The third-order valence-electron chi connectivity index (χ3n) is 3.02. The van der Waals surface area contributed by atoms with Gasteiger partial charge in [-0.25, -0.2) is 0 Å². The molecule has 0 saturated carbocycles. The summed E-state index contributed by atoms with van der Waals surface area (Å²) in [7, 11) is 5.89. The molecular formula is C14H24N2O. The van der Waals surface area contributed by atoms with Crippen molar-refractivity contribution in [2.45, 2.75) is 12.5 Å². The fourth-order valence-electron chi connectivity index (χ4n) is 1.90. The quantitative estimate of drug-likeness (QED) is 0.738. The molecule has 0 radical (unpaired) electrons. The van der Waals surface area contributed by atoms with Crippen molar-refractivity contribution in [3.05, 3.63) is 35.9 Å². The maximum absolute atomic E-state index is 5.25. The molecule has 0 aliphatic rings. The van der Waals surface area contributed by atoms with Crippen LogP contribution >= 0.6 is 0 Å². The number of benzene rings is 1. The summed E-state index contributed by atoms with van der Waals surface area (Å²) in [6, 6.07) is 11.0. The van der Waals surface area contributed by atoms with Crippen LogP contribution < -0.4 is 5.32 Å². The summed E-state index contributed by atoms with van der Waals surface area (Å²) in [5.41, 5.74) is 1.39. The van der Waals surface area contributed by atoms with Crippen LogP contribution in [0.15, 0.2) is 30.3 Å². The number of rotatable bonds is 8. The van der Waals surface area contributed by atoms with Gasteiger partial charge in [-0.1, -0.05) is 30.3 Å². The topological polar surface area (TPSA) is 24.5 Å². The molecule has 0 heterocycles. The van der Waals surface area contributed by atoms with Crippen molar-refractivity contribution in [3.63, 3.8) is 0 Å². The van der Waals surface area contributed by atoms with Crippen molar-refractivity contribution in [1.29, 1.82) is 0 Å². The molecule has 0 aromatic heterocycles. The number of nitrogens with one attached hydrogen (secondary N) is 1. The average Bonchev–Trinajstić information content (AvgIpc) is 2.37. The van der Waals surface area contributed by atoms with E-state index in [1.165, 1.54) is 5.56 Å². The van der Waals surface area contributed by atoms with Crippen LogP contribution in [0.3, 0.4) is 0 Å². The number of hydrogen-bond donors (Lipinski definition) is 1. The Labute approximate surface area is 105 Å². The van der Waals surface area contributed by atoms with Gasteiger partial charge in [-0.05, 0) is 26.1 Å². The van der Waals surface area contributed by atoms with E-state index in [-0.39, 0.29) is 0 Å².